The highest BCUT2D eigenvalue weighted by molar-refractivity contribution is 7.14. The van der Waals surface area contributed by atoms with Crippen LogP contribution in [0.25, 0.3) is 17.3 Å². The van der Waals surface area contributed by atoms with Crippen molar-refractivity contribution in [1.82, 2.24) is 9.97 Å². The first-order valence-corrected chi connectivity index (χ1v) is 9.08. The molecule has 0 aliphatic rings. The van der Waals surface area contributed by atoms with Gasteiger partial charge in [0.15, 0.2) is 5.13 Å². The Kier molecular flexibility index (Phi) is 5.32. The standard InChI is InChI=1S/C17H14N4O2S2/c1-11(22)19-13-4-2-12(3-5-13)14-10-25-17(20-14)21-15(23)6-7-16-18-8-9-24-16/h2-10H,1H3,(H,19,22)(H,20,21,23)/b7-6-. The van der Waals surface area contributed by atoms with E-state index in [2.05, 4.69) is 20.6 Å². The van der Waals surface area contributed by atoms with Crippen molar-refractivity contribution in [1.29, 1.82) is 0 Å². The summed E-state index contributed by atoms with van der Waals surface area (Å²) < 4.78 is 0. The molecular weight excluding hydrogens is 356 g/mol. The summed E-state index contributed by atoms with van der Waals surface area (Å²) in [5.74, 6) is -0.366. The molecule has 0 aliphatic carbocycles. The van der Waals surface area contributed by atoms with E-state index < -0.39 is 0 Å². The van der Waals surface area contributed by atoms with E-state index in [1.807, 2.05) is 35.0 Å². The summed E-state index contributed by atoms with van der Waals surface area (Å²) in [4.78, 5) is 31.4. The number of hydrogen-bond acceptors (Lipinski definition) is 6. The monoisotopic (exact) mass is 370 g/mol. The molecule has 0 radical (unpaired) electrons. The van der Waals surface area contributed by atoms with Crippen LogP contribution in [-0.2, 0) is 9.59 Å². The zero-order chi connectivity index (χ0) is 17.6. The van der Waals surface area contributed by atoms with Gasteiger partial charge in [-0.3, -0.25) is 14.9 Å². The minimum absolute atomic E-state index is 0.114. The van der Waals surface area contributed by atoms with E-state index in [4.69, 9.17) is 0 Å². The third-order valence-electron chi connectivity index (χ3n) is 3.06. The van der Waals surface area contributed by atoms with Crippen LogP contribution in [0.3, 0.4) is 0 Å². The Morgan fingerprint density at radius 3 is 2.60 bits per heavy atom. The Labute approximate surface area is 152 Å². The molecule has 0 unspecified atom stereocenters. The predicted octanol–water partition coefficient (Wildman–Crippen LogP) is 3.88. The Morgan fingerprint density at radius 1 is 1.12 bits per heavy atom. The SMILES string of the molecule is CC(=O)Nc1ccc(-c2csc(NC(=O)/C=C\c3nccs3)n2)cc1. The Bertz CT molecular complexity index is 899. The zero-order valence-electron chi connectivity index (χ0n) is 13.2. The molecule has 2 N–H and O–H groups in total. The predicted molar refractivity (Wildman–Crippen MR) is 102 cm³/mol. The van der Waals surface area contributed by atoms with Crippen LogP contribution in [0.2, 0.25) is 0 Å². The second-order valence-electron chi connectivity index (χ2n) is 4.99. The third kappa shape index (κ3) is 4.82. The lowest BCUT2D eigenvalue weighted by Crippen LogP contribution is -2.07. The quantitative estimate of drug-likeness (QED) is 0.668. The number of amides is 2. The van der Waals surface area contributed by atoms with E-state index >= 15 is 0 Å². The van der Waals surface area contributed by atoms with Gasteiger partial charge in [0.05, 0.1) is 5.69 Å². The average Bonchev–Trinajstić information content (AvgIpc) is 3.25. The number of thiazole rings is 2. The number of hydrogen-bond donors (Lipinski definition) is 2. The Balaban J connectivity index is 1.63. The highest BCUT2D eigenvalue weighted by Crippen LogP contribution is 2.26. The first-order chi connectivity index (χ1) is 12.1. The molecule has 0 bridgehead atoms. The van der Waals surface area contributed by atoms with Gasteiger partial charge in [0.25, 0.3) is 0 Å². The lowest BCUT2D eigenvalue weighted by molar-refractivity contribution is -0.114. The molecule has 3 aromatic rings. The first-order valence-electron chi connectivity index (χ1n) is 7.32. The van der Waals surface area contributed by atoms with Crippen molar-refractivity contribution in [3.8, 4) is 11.3 Å². The fraction of sp³-hybridized carbons (Fsp3) is 0.0588. The number of carbonyl (C=O) groups is 2. The number of aromatic nitrogens is 2. The van der Waals surface area contributed by atoms with Gasteiger partial charge in [-0.2, -0.15) is 0 Å². The molecule has 0 spiro atoms. The zero-order valence-corrected chi connectivity index (χ0v) is 14.9. The van der Waals surface area contributed by atoms with Crippen LogP contribution in [0.15, 0.2) is 47.3 Å². The van der Waals surface area contributed by atoms with Gasteiger partial charge in [0.1, 0.15) is 5.01 Å². The molecule has 2 aromatic heterocycles. The molecule has 2 heterocycles. The summed E-state index contributed by atoms with van der Waals surface area (Å²) in [6, 6.07) is 7.36. The molecule has 1 aromatic carbocycles. The van der Waals surface area contributed by atoms with Crippen molar-refractivity contribution in [2.24, 2.45) is 0 Å². The highest BCUT2D eigenvalue weighted by atomic mass is 32.1. The molecule has 0 atom stereocenters. The second-order valence-corrected chi connectivity index (χ2v) is 6.77. The maximum atomic E-state index is 11.9. The van der Waals surface area contributed by atoms with Crippen LogP contribution in [0.4, 0.5) is 10.8 Å². The number of carbonyl (C=O) groups excluding carboxylic acids is 2. The average molecular weight is 370 g/mol. The van der Waals surface area contributed by atoms with Crippen LogP contribution in [0.1, 0.15) is 11.9 Å². The molecular formula is C17H14N4O2S2. The first kappa shape index (κ1) is 17.0. The summed E-state index contributed by atoms with van der Waals surface area (Å²) in [6.45, 7) is 1.46. The largest absolute Gasteiger partial charge is 0.326 e. The van der Waals surface area contributed by atoms with E-state index in [-0.39, 0.29) is 11.8 Å². The topological polar surface area (TPSA) is 84.0 Å². The van der Waals surface area contributed by atoms with E-state index in [1.165, 1.54) is 35.7 Å². The summed E-state index contributed by atoms with van der Waals surface area (Å²) >= 11 is 2.81. The maximum absolute atomic E-state index is 11.9. The van der Waals surface area contributed by atoms with Crippen molar-refractivity contribution >= 4 is 51.4 Å². The van der Waals surface area contributed by atoms with Gasteiger partial charge in [0, 0.05) is 41.2 Å². The molecule has 6 nitrogen and oxygen atoms in total. The molecule has 0 aliphatic heterocycles. The Morgan fingerprint density at radius 2 is 1.92 bits per heavy atom. The van der Waals surface area contributed by atoms with Crippen molar-refractivity contribution in [3.63, 3.8) is 0 Å². The van der Waals surface area contributed by atoms with Crippen molar-refractivity contribution in [2.75, 3.05) is 10.6 Å². The summed E-state index contributed by atoms with van der Waals surface area (Å²) in [7, 11) is 0. The van der Waals surface area contributed by atoms with Crippen molar-refractivity contribution in [2.45, 2.75) is 6.92 Å². The number of rotatable bonds is 5. The molecule has 126 valence electrons. The fourth-order valence-corrected chi connectivity index (χ4v) is 3.25. The lowest BCUT2D eigenvalue weighted by Gasteiger charge is -2.02. The van der Waals surface area contributed by atoms with Gasteiger partial charge >= 0.3 is 0 Å². The maximum Gasteiger partial charge on any atom is 0.250 e. The molecule has 25 heavy (non-hydrogen) atoms. The van der Waals surface area contributed by atoms with Gasteiger partial charge < -0.3 is 5.32 Å². The highest BCUT2D eigenvalue weighted by Gasteiger charge is 2.07. The number of anilines is 2. The number of nitrogens with one attached hydrogen (secondary N) is 2. The van der Waals surface area contributed by atoms with Crippen LogP contribution in [-0.4, -0.2) is 21.8 Å². The lowest BCUT2D eigenvalue weighted by atomic mass is 10.1. The Hall–Kier alpha value is -2.84. The van der Waals surface area contributed by atoms with E-state index in [0.29, 0.717) is 5.13 Å². The molecule has 8 heteroatoms. The van der Waals surface area contributed by atoms with Gasteiger partial charge in [-0.15, -0.1) is 22.7 Å². The van der Waals surface area contributed by atoms with E-state index in [1.54, 1.807) is 12.3 Å². The summed E-state index contributed by atoms with van der Waals surface area (Å²) in [5.41, 5.74) is 2.40. The van der Waals surface area contributed by atoms with Crippen molar-refractivity contribution < 1.29 is 9.59 Å². The van der Waals surface area contributed by atoms with Crippen molar-refractivity contribution in [3.05, 3.63) is 52.3 Å². The number of benzene rings is 1. The molecule has 2 amide bonds. The van der Waals surface area contributed by atoms with Crippen LogP contribution in [0, 0.1) is 0 Å². The van der Waals surface area contributed by atoms with Crippen LogP contribution >= 0.6 is 22.7 Å². The van der Waals surface area contributed by atoms with Gasteiger partial charge in [-0.05, 0) is 18.2 Å². The third-order valence-corrected chi connectivity index (χ3v) is 4.56. The molecule has 0 fully saturated rings. The fourth-order valence-electron chi connectivity index (χ4n) is 2.00. The number of nitrogens with zero attached hydrogens (tertiary/aromatic N) is 2. The minimum atomic E-state index is -0.253. The van der Waals surface area contributed by atoms with Gasteiger partial charge in [0.2, 0.25) is 11.8 Å². The normalized spacial score (nSPS) is 10.8. The van der Waals surface area contributed by atoms with Gasteiger partial charge in [-0.1, -0.05) is 12.1 Å². The smallest absolute Gasteiger partial charge is 0.250 e. The molecule has 0 saturated carbocycles. The van der Waals surface area contributed by atoms with Gasteiger partial charge in [-0.25, -0.2) is 9.97 Å². The van der Waals surface area contributed by atoms with E-state index in [9.17, 15) is 9.59 Å². The molecule has 0 saturated heterocycles. The summed E-state index contributed by atoms with van der Waals surface area (Å²) in [5, 5.41) is 10.5. The second kappa shape index (κ2) is 7.82. The minimum Gasteiger partial charge on any atom is -0.326 e. The summed E-state index contributed by atoms with van der Waals surface area (Å²) in [6.07, 6.45) is 4.78. The van der Waals surface area contributed by atoms with Crippen LogP contribution < -0.4 is 10.6 Å². The van der Waals surface area contributed by atoms with E-state index in [0.717, 1.165) is 22.0 Å². The van der Waals surface area contributed by atoms with Crippen LogP contribution in [0.5, 0.6) is 0 Å². The molecule has 3 rings (SSSR count).